The first-order chi connectivity index (χ1) is 13.9. The number of anilines is 1. The van der Waals surface area contributed by atoms with E-state index in [-0.39, 0.29) is 18.0 Å². The second-order valence-electron chi connectivity index (χ2n) is 6.95. The molecule has 1 amide bonds. The molecule has 0 saturated heterocycles. The minimum Gasteiger partial charge on any atom is -0.497 e. The predicted molar refractivity (Wildman–Crippen MR) is 119 cm³/mol. The number of aliphatic hydroxyl groups is 1. The Bertz CT molecular complexity index is 879. The number of hydrogen-bond acceptors (Lipinski definition) is 6. The molecule has 1 heterocycles. The molecule has 7 heteroatoms. The third-order valence-electron chi connectivity index (χ3n) is 4.81. The summed E-state index contributed by atoms with van der Waals surface area (Å²) in [6.45, 7) is 2.41. The van der Waals surface area contributed by atoms with Gasteiger partial charge in [0.05, 0.1) is 18.6 Å². The number of amides is 1. The smallest absolute Gasteiger partial charge is 0.261 e. The van der Waals surface area contributed by atoms with Crippen LogP contribution in [0.5, 0.6) is 5.75 Å². The number of aliphatic hydroxyl groups excluding tert-OH is 1. The molecule has 0 bridgehead atoms. The molecule has 1 unspecified atom stereocenters. The quantitative estimate of drug-likeness (QED) is 0.725. The van der Waals surface area contributed by atoms with Crippen LogP contribution in [0.2, 0.25) is 0 Å². The lowest BCUT2D eigenvalue weighted by Crippen LogP contribution is -2.35. The third-order valence-corrected chi connectivity index (χ3v) is 6.11. The van der Waals surface area contributed by atoms with Gasteiger partial charge in [-0.1, -0.05) is 36.0 Å². The van der Waals surface area contributed by atoms with Crippen molar-refractivity contribution in [1.29, 1.82) is 0 Å². The fourth-order valence-corrected chi connectivity index (χ4v) is 4.54. The van der Waals surface area contributed by atoms with Crippen LogP contribution in [0.25, 0.3) is 11.1 Å². The molecular formula is C22H27N3O3S. The minimum absolute atomic E-state index is 0.0189. The second-order valence-corrected chi connectivity index (χ2v) is 8.04. The van der Waals surface area contributed by atoms with Crippen molar-refractivity contribution >= 4 is 23.4 Å². The van der Waals surface area contributed by atoms with Gasteiger partial charge in [0.25, 0.3) is 5.91 Å². The maximum absolute atomic E-state index is 12.5. The van der Waals surface area contributed by atoms with Crippen LogP contribution in [0.3, 0.4) is 0 Å². The highest BCUT2D eigenvalue weighted by molar-refractivity contribution is 8.04. The summed E-state index contributed by atoms with van der Waals surface area (Å²) >= 11 is 1.48. The lowest BCUT2D eigenvalue weighted by atomic mass is 10.1. The highest BCUT2D eigenvalue weighted by Gasteiger charge is 2.33. The van der Waals surface area contributed by atoms with Crippen LogP contribution in [-0.2, 0) is 4.79 Å². The van der Waals surface area contributed by atoms with Crippen molar-refractivity contribution in [1.82, 2.24) is 9.80 Å². The van der Waals surface area contributed by atoms with Gasteiger partial charge in [0.15, 0.2) is 5.50 Å². The van der Waals surface area contributed by atoms with E-state index in [0.717, 1.165) is 28.3 Å². The predicted octanol–water partition coefficient (Wildman–Crippen LogP) is 3.42. The molecule has 0 fully saturated rings. The minimum atomic E-state index is -0.145. The zero-order chi connectivity index (χ0) is 21.0. The normalized spacial score (nSPS) is 16.2. The highest BCUT2D eigenvalue weighted by Crippen LogP contribution is 2.39. The molecule has 0 radical (unpaired) electrons. The van der Waals surface area contributed by atoms with Crippen molar-refractivity contribution in [3.8, 4) is 16.9 Å². The molecule has 2 aromatic rings. The van der Waals surface area contributed by atoms with E-state index in [1.54, 1.807) is 26.1 Å². The van der Waals surface area contributed by atoms with Gasteiger partial charge in [-0.25, -0.2) is 0 Å². The van der Waals surface area contributed by atoms with Crippen molar-refractivity contribution in [3.63, 3.8) is 0 Å². The average Bonchev–Trinajstić information content (AvgIpc) is 3.03. The Morgan fingerprint density at radius 3 is 2.24 bits per heavy atom. The number of methoxy groups -OCH3 is 1. The molecule has 0 aromatic heterocycles. The van der Waals surface area contributed by atoms with Crippen molar-refractivity contribution in [3.05, 3.63) is 59.1 Å². The summed E-state index contributed by atoms with van der Waals surface area (Å²) in [7, 11) is 5.15. The van der Waals surface area contributed by atoms with E-state index in [0.29, 0.717) is 11.4 Å². The molecule has 0 aliphatic carbocycles. The van der Waals surface area contributed by atoms with Crippen molar-refractivity contribution < 1.29 is 14.6 Å². The summed E-state index contributed by atoms with van der Waals surface area (Å²) in [5.74, 6) is 0.815. The van der Waals surface area contributed by atoms with Crippen LogP contribution in [0.1, 0.15) is 6.92 Å². The molecular weight excluding hydrogens is 386 g/mol. The van der Waals surface area contributed by atoms with Gasteiger partial charge < -0.3 is 25.0 Å². The van der Waals surface area contributed by atoms with Crippen molar-refractivity contribution in [2.45, 2.75) is 12.4 Å². The number of rotatable bonds is 7. The van der Waals surface area contributed by atoms with E-state index in [2.05, 4.69) is 17.4 Å². The van der Waals surface area contributed by atoms with Gasteiger partial charge in [0.2, 0.25) is 0 Å². The number of hydrogen-bond donors (Lipinski definition) is 2. The van der Waals surface area contributed by atoms with Crippen LogP contribution in [-0.4, -0.2) is 60.7 Å². The topological polar surface area (TPSA) is 65.0 Å². The second kappa shape index (κ2) is 9.24. The van der Waals surface area contributed by atoms with Gasteiger partial charge in [0.1, 0.15) is 5.75 Å². The van der Waals surface area contributed by atoms with E-state index >= 15 is 0 Å². The summed E-state index contributed by atoms with van der Waals surface area (Å²) < 4.78 is 5.21. The molecule has 1 atom stereocenters. The van der Waals surface area contributed by atoms with E-state index in [4.69, 9.17) is 4.74 Å². The number of ether oxygens (including phenoxy) is 1. The zero-order valence-corrected chi connectivity index (χ0v) is 18.0. The van der Waals surface area contributed by atoms with Crippen molar-refractivity contribution in [2.75, 3.05) is 39.7 Å². The maximum atomic E-state index is 12.5. The number of β-amino-alcohol motifs (C(OH)–C–C–N with tert-alkyl or cyclic N) is 1. The lowest BCUT2D eigenvalue weighted by molar-refractivity contribution is -0.124. The van der Waals surface area contributed by atoms with Crippen LogP contribution >= 0.6 is 11.8 Å². The molecule has 1 aliphatic rings. The SMILES string of the molecule is COc1ccc(-c2ccc(NC3SC(C(=O)N(C)C)=C(C)N3CCO)cc2)cc1. The molecule has 6 nitrogen and oxygen atoms in total. The summed E-state index contributed by atoms with van der Waals surface area (Å²) in [5.41, 5.74) is 3.92. The number of nitrogens with one attached hydrogen (secondary N) is 1. The van der Waals surface area contributed by atoms with Gasteiger partial charge in [-0.15, -0.1) is 0 Å². The zero-order valence-electron chi connectivity index (χ0n) is 17.2. The summed E-state index contributed by atoms with van der Waals surface area (Å²) in [6.07, 6.45) is 0. The maximum Gasteiger partial charge on any atom is 0.261 e. The van der Waals surface area contributed by atoms with Gasteiger partial charge in [-0.3, -0.25) is 4.79 Å². The summed E-state index contributed by atoms with van der Waals surface area (Å²) in [4.78, 5) is 16.8. The van der Waals surface area contributed by atoms with Crippen molar-refractivity contribution in [2.24, 2.45) is 0 Å². The van der Waals surface area contributed by atoms with Gasteiger partial charge in [-0.05, 0) is 42.3 Å². The Balaban J connectivity index is 1.74. The van der Waals surface area contributed by atoms with Gasteiger partial charge in [-0.2, -0.15) is 0 Å². The summed E-state index contributed by atoms with van der Waals surface area (Å²) in [6, 6.07) is 16.1. The first kappa shape index (κ1) is 21.1. The van der Waals surface area contributed by atoms with E-state index in [9.17, 15) is 9.90 Å². The van der Waals surface area contributed by atoms with Crippen LogP contribution < -0.4 is 10.1 Å². The largest absolute Gasteiger partial charge is 0.497 e. The Hall–Kier alpha value is -2.64. The number of carbonyl (C=O) groups excluding carboxylic acids is 1. The molecule has 2 aromatic carbocycles. The monoisotopic (exact) mass is 413 g/mol. The van der Waals surface area contributed by atoms with Gasteiger partial charge >= 0.3 is 0 Å². The fourth-order valence-electron chi connectivity index (χ4n) is 3.16. The fraction of sp³-hybridized carbons (Fsp3) is 0.318. The molecule has 2 N–H and O–H groups in total. The Labute approximate surface area is 176 Å². The number of thioether (sulfide) groups is 1. The Morgan fingerprint density at radius 1 is 1.14 bits per heavy atom. The molecule has 0 saturated carbocycles. The standard InChI is InChI=1S/C22H27N3O3S/c1-15-20(21(27)24(2)3)29-22(25(15)13-14-26)23-18-9-5-16(6-10-18)17-7-11-19(28-4)12-8-17/h5-12,22-23,26H,13-14H2,1-4H3. The number of carbonyl (C=O) groups is 1. The van der Waals surface area contributed by atoms with Gasteiger partial charge in [0, 0.05) is 32.0 Å². The number of benzene rings is 2. The molecule has 1 aliphatic heterocycles. The molecule has 154 valence electrons. The van der Waals surface area contributed by atoms with Crippen LogP contribution in [0.4, 0.5) is 5.69 Å². The average molecular weight is 414 g/mol. The number of allylic oxidation sites excluding steroid dienone is 1. The molecule has 0 spiro atoms. The Morgan fingerprint density at radius 2 is 1.72 bits per heavy atom. The Kier molecular flexibility index (Phi) is 6.71. The number of likely N-dealkylation sites (N-methyl/N-ethyl adjacent to an activating group) is 1. The van der Waals surface area contributed by atoms with Crippen LogP contribution in [0, 0.1) is 0 Å². The lowest BCUT2D eigenvalue weighted by Gasteiger charge is -2.28. The van der Waals surface area contributed by atoms with E-state index in [1.807, 2.05) is 48.2 Å². The number of nitrogens with zero attached hydrogens (tertiary/aromatic N) is 2. The van der Waals surface area contributed by atoms with Crippen LogP contribution in [0.15, 0.2) is 59.1 Å². The molecule has 3 rings (SSSR count). The highest BCUT2D eigenvalue weighted by atomic mass is 32.2. The van der Waals surface area contributed by atoms with E-state index in [1.165, 1.54) is 11.8 Å². The van der Waals surface area contributed by atoms with E-state index < -0.39 is 0 Å². The third kappa shape index (κ3) is 4.68. The first-order valence-electron chi connectivity index (χ1n) is 9.42. The molecule has 29 heavy (non-hydrogen) atoms. The first-order valence-corrected chi connectivity index (χ1v) is 10.3. The summed E-state index contributed by atoms with van der Waals surface area (Å²) in [5, 5.41) is 12.9.